The number of carbonyl (C=O) groups is 1. The summed E-state index contributed by atoms with van der Waals surface area (Å²) in [5.74, 6) is -0.542. The SMILES string of the molecule is CCOC(=O)C(c1ccccc1Cl)c1nncn1C. The van der Waals surface area contributed by atoms with Gasteiger partial charge in [0.2, 0.25) is 0 Å². The normalized spacial score (nSPS) is 12.2. The van der Waals surface area contributed by atoms with Gasteiger partial charge in [0.15, 0.2) is 5.82 Å². The standard InChI is InChI=1S/C13H14ClN3O2/c1-3-19-13(18)11(12-16-15-8-17(12)2)9-6-4-5-7-10(9)14/h4-8,11H,3H2,1-2H3. The fourth-order valence-electron chi connectivity index (χ4n) is 1.86. The second-order valence-corrected chi connectivity index (χ2v) is 4.41. The Morgan fingerprint density at radius 1 is 1.47 bits per heavy atom. The molecule has 1 aromatic carbocycles. The lowest BCUT2D eigenvalue weighted by atomic mass is 9.98. The monoisotopic (exact) mass is 279 g/mol. The summed E-state index contributed by atoms with van der Waals surface area (Å²) >= 11 is 6.17. The minimum atomic E-state index is -0.666. The summed E-state index contributed by atoms with van der Waals surface area (Å²) in [4.78, 5) is 12.2. The highest BCUT2D eigenvalue weighted by atomic mass is 35.5. The molecular formula is C13H14ClN3O2. The number of hydrogen-bond donors (Lipinski definition) is 0. The molecule has 0 aliphatic heterocycles. The molecule has 0 radical (unpaired) electrons. The number of ether oxygens (including phenoxy) is 1. The van der Waals surface area contributed by atoms with E-state index in [-0.39, 0.29) is 5.97 Å². The lowest BCUT2D eigenvalue weighted by molar-refractivity contribution is -0.144. The third kappa shape index (κ3) is 2.76. The van der Waals surface area contributed by atoms with Crippen molar-refractivity contribution in [3.8, 4) is 0 Å². The minimum absolute atomic E-state index is 0.303. The van der Waals surface area contributed by atoms with Gasteiger partial charge in [0.1, 0.15) is 12.2 Å². The van der Waals surface area contributed by atoms with E-state index >= 15 is 0 Å². The van der Waals surface area contributed by atoms with Crippen LogP contribution in [0.15, 0.2) is 30.6 Å². The van der Waals surface area contributed by atoms with Gasteiger partial charge in [0, 0.05) is 12.1 Å². The van der Waals surface area contributed by atoms with E-state index in [4.69, 9.17) is 16.3 Å². The number of aromatic nitrogens is 3. The molecule has 2 aromatic rings. The van der Waals surface area contributed by atoms with Crippen LogP contribution in [0.3, 0.4) is 0 Å². The Labute approximate surface area is 116 Å². The highest BCUT2D eigenvalue weighted by Crippen LogP contribution is 2.29. The summed E-state index contributed by atoms with van der Waals surface area (Å²) < 4.78 is 6.80. The van der Waals surface area contributed by atoms with Gasteiger partial charge in [-0.15, -0.1) is 10.2 Å². The number of esters is 1. The molecule has 0 fully saturated rings. The van der Waals surface area contributed by atoms with Crippen LogP contribution in [0, 0.1) is 0 Å². The summed E-state index contributed by atoms with van der Waals surface area (Å²) in [6.07, 6.45) is 1.54. The lowest BCUT2D eigenvalue weighted by Gasteiger charge is -2.16. The van der Waals surface area contributed by atoms with Gasteiger partial charge < -0.3 is 9.30 Å². The van der Waals surface area contributed by atoms with E-state index in [9.17, 15) is 4.79 Å². The molecule has 0 saturated carbocycles. The van der Waals surface area contributed by atoms with Gasteiger partial charge in [-0.2, -0.15) is 0 Å². The average molecular weight is 280 g/mol. The number of hydrogen-bond acceptors (Lipinski definition) is 4. The maximum absolute atomic E-state index is 12.2. The zero-order chi connectivity index (χ0) is 13.8. The molecule has 0 aliphatic carbocycles. The molecule has 1 atom stereocenters. The van der Waals surface area contributed by atoms with Crippen LogP contribution in [0.4, 0.5) is 0 Å². The van der Waals surface area contributed by atoms with Gasteiger partial charge in [-0.05, 0) is 18.6 Å². The molecular weight excluding hydrogens is 266 g/mol. The highest BCUT2D eigenvalue weighted by Gasteiger charge is 2.30. The fraction of sp³-hybridized carbons (Fsp3) is 0.308. The molecule has 0 aliphatic rings. The van der Waals surface area contributed by atoms with Gasteiger partial charge in [0.05, 0.1) is 6.61 Å². The van der Waals surface area contributed by atoms with Crippen LogP contribution >= 0.6 is 11.6 Å². The van der Waals surface area contributed by atoms with E-state index in [1.165, 1.54) is 0 Å². The molecule has 0 N–H and O–H groups in total. The van der Waals surface area contributed by atoms with Crippen molar-refractivity contribution in [2.45, 2.75) is 12.8 Å². The van der Waals surface area contributed by atoms with Crippen molar-refractivity contribution >= 4 is 17.6 Å². The van der Waals surface area contributed by atoms with Crippen molar-refractivity contribution in [2.24, 2.45) is 7.05 Å². The molecule has 19 heavy (non-hydrogen) atoms. The zero-order valence-electron chi connectivity index (χ0n) is 10.7. The Bertz CT molecular complexity index is 583. The van der Waals surface area contributed by atoms with E-state index in [2.05, 4.69) is 10.2 Å². The van der Waals surface area contributed by atoms with Gasteiger partial charge in [-0.25, -0.2) is 0 Å². The number of halogens is 1. The molecule has 1 heterocycles. The predicted molar refractivity (Wildman–Crippen MR) is 70.9 cm³/mol. The first-order chi connectivity index (χ1) is 9.15. The van der Waals surface area contributed by atoms with E-state index in [1.54, 1.807) is 37.0 Å². The van der Waals surface area contributed by atoms with Gasteiger partial charge in [-0.3, -0.25) is 4.79 Å². The van der Waals surface area contributed by atoms with E-state index < -0.39 is 5.92 Å². The van der Waals surface area contributed by atoms with Crippen molar-refractivity contribution in [3.05, 3.63) is 47.0 Å². The molecule has 0 amide bonds. The summed E-state index contributed by atoms with van der Waals surface area (Å²) in [5, 5.41) is 8.30. The van der Waals surface area contributed by atoms with Crippen molar-refractivity contribution in [1.82, 2.24) is 14.8 Å². The van der Waals surface area contributed by atoms with Crippen LogP contribution < -0.4 is 0 Å². The van der Waals surface area contributed by atoms with Crippen LogP contribution in [0.5, 0.6) is 0 Å². The van der Waals surface area contributed by atoms with Gasteiger partial charge in [-0.1, -0.05) is 29.8 Å². The van der Waals surface area contributed by atoms with Crippen LogP contribution in [-0.2, 0) is 16.6 Å². The van der Waals surface area contributed by atoms with Crippen molar-refractivity contribution in [1.29, 1.82) is 0 Å². The topological polar surface area (TPSA) is 57.0 Å². The summed E-state index contributed by atoms with van der Waals surface area (Å²) in [5.41, 5.74) is 0.665. The Hall–Kier alpha value is -1.88. The van der Waals surface area contributed by atoms with E-state index in [1.807, 2.05) is 12.1 Å². The number of nitrogens with zero attached hydrogens (tertiary/aromatic N) is 3. The Kier molecular flexibility index (Phi) is 4.16. The molecule has 2 rings (SSSR count). The molecule has 0 saturated heterocycles. The average Bonchev–Trinajstić information content (AvgIpc) is 2.79. The second kappa shape index (κ2) is 5.84. The van der Waals surface area contributed by atoms with E-state index in [0.29, 0.717) is 23.0 Å². The quantitative estimate of drug-likeness (QED) is 0.805. The minimum Gasteiger partial charge on any atom is -0.465 e. The molecule has 0 spiro atoms. The third-order valence-electron chi connectivity index (χ3n) is 2.74. The van der Waals surface area contributed by atoms with Crippen LogP contribution in [-0.4, -0.2) is 27.3 Å². The highest BCUT2D eigenvalue weighted by molar-refractivity contribution is 6.31. The number of rotatable bonds is 4. The zero-order valence-corrected chi connectivity index (χ0v) is 11.5. The van der Waals surface area contributed by atoms with Gasteiger partial charge in [0.25, 0.3) is 0 Å². The van der Waals surface area contributed by atoms with Crippen LogP contribution in [0.1, 0.15) is 24.2 Å². The van der Waals surface area contributed by atoms with Crippen molar-refractivity contribution in [2.75, 3.05) is 6.61 Å². The number of carbonyl (C=O) groups excluding carboxylic acids is 1. The third-order valence-corrected chi connectivity index (χ3v) is 3.09. The Morgan fingerprint density at radius 3 is 2.79 bits per heavy atom. The molecule has 6 heteroatoms. The lowest BCUT2D eigenvalue weighted by Crippen LogP contribution is -2.20. The van der Waals surface area contributed by atoms with Crippen LogP contribution in [0.2, 0.25) is 5.02 Å². The van der Waals surface area contributed by atoms with Crippen LogP contribution in [0.25, 0.3) is 0 Å². The first-order valence-electron chi connectivity index (χ1n) is 5.90. The van der Waals surface area contributed by atoms with Crippen molar-refractivity contribution in [3.63, 3.8) is 0 Å². The number of aryl methyl sites for hydroxylation is 1. The maximum Gasteiger partial charge on any atom is 0.321 e. The van der Waals surface area contributed by atoms with Gasteiger partial charge >= 0.3 is 5.97 Å². The summed E-state index contributed by atoms with van der Waals surface area (Å²) in [6, 6.07) is 7.16. The first kappa shape index (κ1) is 13.5. The predicted octanol–water partition coefficient (Wildman–Crippen LogP) is 2.16. The van der Waals surface area contributed by atoms with Crippen molar-refractivity contribution < 1.29 is 9.53 Å². The summed E-state index contributed by atoms with van der Waals surface area (Å²) in [6.45, 7) is 2.07. The molecule has 100 valence electrons. The Balaban J connectivity index is 2.50. The smallest absolute Gasteiger partial charge is 0.321 e. The number of benzene rings is 1. The molecule has 1 aromatic heterocycles. The second-order valence-electron chi connectivity index (χ2n) is 4.01. The molecule has 0 bridgehead atoms. The Morgan fingerprint density at radius 2 is 2.21 bits per heavy atom. The molecule has 5 nitrogen and oxygen atoms in total. The molecule has 1 unspecified atom stereocenters. The maximum atomic E-state index is 12.2. The fourth-order valence-corrected chi connectivity index (χ4v) is 2.10. The first-order valence-corrected chi connectivity index (χ1v) is 6.28. The largest absolute Gasteiger partial charge is 0.465 e. The summed E-state index contributed by atoms with van der Waals surface area (Å²) in [7, 11) is 1.78. The van der Waals surface area contributed by atoms with E-state index in [0.717, 1.165) is 0 Å².